The normalized spacial score (nSPS) is 22.5. The van der Waals surface area contributed by atoms with Gasteiger partial charge in [-0.2, -0.15) is 0 Å². The minimum atomic E-state index is -5.04. The van der Waals surface area contributed by atoms with Crippen LogP contribution in [0.25, 0.3) is 0 Å². The highest BCUT2D eigenvalue weighted by Crippen LogP contribution is 2.21. The molecular formula is C21H28F3N3O7. The zero-order valence-electron chi connectivity index (χ0n) is 18.9. The van der Waals surface area contributed by atoms with Crippen LogP contribution in [0.2, 0.25) is 0 Å². The van der Waals surface area contributed by atoms with Gasteiger partial charge in [0.05, 0.1) is 12.0 Å². The smallest absolute Gasteiger partial charge is 0.452 e. The van der Waals surface area contributed by atoms with Crippen LogP contribution < -0.4 is 10.6 Å². The van der Waals surface area contributed by atoms with E-state index >= 15 is 0 Å². The van der Waals surface area contributed by atoms with E-state index in [1.807, 2.05) is 0 Å². The van der Waals surface area contributed by atoms with Crippen molar-refractivity contribution < 1.29 is 46.6 Å². The number of hydrogen-bond donors (Lipinski definition) is 2. The van der Waals surface area contributed by atoms with Crippen molar-refractivity contribution in [1.82, 2.24) is 10.6 Å². The van der Waals surface area contributed by atoms with Crippen LogP contribution in [-0.4, -0.2) is 67.3 Å². The van der Waals surface area contributed by atoms with Crippen LogP contribution in [0.4, 0.5) is 13.2 Å². The largest absolute Gasteiger partial charge is 0.522 e. The monoisotopic (exact) mass is 491 g/mol. The highest BCUT2D eigenvalue weighted by Gasteiger charge is 2.36. The van der Waals surface area contributed by atoms with Crippen LogP contribution in [0, 0.1) is 17.8 Å². The first kappa shape index (κ1) is 27.4. The van der Waals surface area contributed by atoms with Crippen LogP contribution in [0.15, 0.2) is 4.99 Å². The molecule has 10 nitrogen and oxygen atoms in total. The fourth-order valence-corrected chi connectivity index (χ4v) is 3.65. The molecule has 13 heteroatoms. The van der Waals surface area contributed by atoms with Crippen molar-refractivity contribution in [3.63, 3.8) is 0 Å². The van der Waals surface area contributed by atoms with Gasteiger partial charge >= 0.3 is 12.3 Å². The number of cyclic esters (lactones) is 1. The second-order valence-corrected chi connectivity index (χ2v) is 8.64. The average molecular weight is 491 g/mol. The number of alkyl halides is 3. The topological polar surface area (TPSA) is 140 Å². The van der Waals surface area contributed by atoms with Crippen molar-refractivity contribution in [2.75, 3.05) is 13.2 Å². The number of hydrogen-bond acceptors (Lipinski definition) is 7. The van der Waals surface area contributed by atoms with Gasteiger partial charge in [-0.1, -0.05) is 13.8 Å². The van der Waals surface area contributed by atoms with E-state index in [1.165, 1.54) is 0 Å². The van der Waals surface area contributed by atoms with Crippen LogP contribution in [0.1, 0.15) is 46.0 Å². The summed E-state index contributed by atoms with van der Waals surface area (Å²) in [5, 5.41) is 4.97. The Hall–Kier alpha value is -2.83. The molecule has 4 atom stereocenters. The lowest BCUT2D eigenvalue weighted by Crippen LogP contribution is -2.47. The van der Waals surface area contributed by atoms with Gasteiger partial charge in [-0.05, 0) is 25.2 Å². The number of halogens is 3. The second kappa shape index (κ2) is 12.0. The number of carbonyl (C=O) groups excluding carboxylic acids is 5. The molecule has 0 aliphatic carbocycles. The van der Waals surface area contributed by atoms with E-state index < -0.39 is 60.5 Å². The van der Waals surface area contributed by atoms with E-state index in [4.69, 9.17) is 4.74 Å². The lowest BCUT2D eigenvalue weighted by molar-refractivity contribution is -0.321. The number of Topliss-reactive ketones (excluding diaryl/α,β-unsaturated/α-hetero) is 1. The number of rotatable bonds is 11. The molecule has 2 aliphatic heterocycles. The molecule has 34 heavy (non-hydrogen) atoms. The molecule has 2 fully saturated rings. The molecule has 0 aromatic heterocycles. The zero-order valence-corrected chi connectivity index (χ0v) is 18.9. The van der Waals surface area contributed by atoms with Crippen molar-refractivity contribution in [3.05, 3.63) is 0 Å². The lowest BCUT2D eigenvalue weighted by atomic mass is 9.93. The number of aliphatic imine (C=N–C) groups is 1. The lowest BCUT2D eigenvalue weighted by Gasteiger charge is -2.23. The summed E-state index contributed by atoms with van der Waals surface area (Å²) in [6, 6.07) is -1.40. The Bertz CT molecular complexity index is 829. The fourth-order valence-electron chi connectivity index (χ4n) is 3.65. The van der Waals surface area contributed by atoms with Gasteiger partial charge in [0.2, 0.25) is 11.8 Å². The molecule has 0 aromatic rings. The van der Waals surface area contributed by atoms with E-state index in [1.54, 1.807) is 13.8 Å². The summed E-state index contributed by atoms with van der Waals surface area (Å²) in [6.07, 6.45) is -4.33. The van der Waals surface area contributed by atoms with Crippen LogP contribution in [-0.2, 0) is 33.4 Å². The van der Waals surface area contributed by atoms with E-state index in [9.17, 15) is 37.1 Å². The number of ether oxygens (including phenoxy) is 2. The Morgan fingerprint density at radius 1 is 1.26 bits per heavy atom. The summed E-state index contributed by atoms with van der Waals surface area (Å²) in [5.74, 6) is -5.08. The van der Waals surface area contributed by atoms with Crippen molar-refractivity contribution >= 4 is 35.7 Å². The average Bonchev–Trinajstić information content (AvgIpc) is 3.35. The van der Waals surface area contributed by atoms with Crippen molar-refractivity contribution in [3.8, 4) is 0 Å². The summed E-state index contributed by atoms with van der Waals surface area (Å²) in [7, 11) is 0. The van der Waals surface area contributed by atoms with E-state index in [0.29, 0.717) is 13.0 Å². The summed E-state index contributed by atoms with van der Waals surface area (Å²) in [4.78, 5) is 64.3. The van der Waals surface area contributed by atoms with Gasteiger partial charge < -0.3 is 15.4 Å². The quantitative estimate of drug-likeness (QED) is 0.325. The third-order valence-electron chi connectivity index (χ3n) is 5.37. The molecule has 3 amide bonds. The van der Waals surface area contributed by atoms with Gasteiger partial charge in [0.1, 0.15) is 6.61 Å². The van der Waals surface area contributed by atoms with E-state index in [2.05, 4.69) is 20.4 Å². The third-order valence-corrected chi connectivity index (χ3v) is 5.37. The van der Waals surface area contributed by atoms with Crippen molar-refractivity contribution in [2.45, 2.75) is 64.5 Å². The summed E-state index contributed by atoms with van der Waals surface area (Å²) < 4.78 is 45.6. The van der Waals surface area contributed by atoms with Gasteiger partial charge in [-0.3, -0.25) is 28.7 Å². The first-order chi connectivity index (χ1) is 15.9. The van der Waals surface area contributed by atoms with Gasteiger partial charge in [-0.15, -0.1) is 13.2 Å². The maximum atomic E-state index is 12.9. The van der Waals surface area contributed by atoms with Crippen molar-refractivity contribution in [1.29, 1.82) is 0 Å². The summed E-state index contributed by atoms with van der Waals surface area (Å²) in [6.45, 7) is 2.64. The molecule has 0 saturated carbocycles. The maximum absolute atomic E-state index is 12.9. The van der Waals surface area contributed by atoms with Gasteiger partial charge in [0.15, 0.2) is 11.9 Å². The standard InChI is InChI=1S/C21H28F3N3O7/c1-11(2)7-13(9-26-20(32)16-3-4-17(29)34-16)19(31)27-14(8-12-5-6-25-18(12)30)15(28)10-33-21(22,23)24/h9,11-14,16H,3-8,10H2,1-2H3,(H,25,30)(H,27,31)/b26-9+/t12-,13?,14-,16?/m0/s1. The Labute approximate surface area is 194 Å². The molecule has 0 bridgehead atoms. The Morgan fingerprint density at radius 3 is 2.50 bits per heavy atom. The van der Waals surface area contributed by atoms with Crippen LogP contribution in [0.3, 0.4) is 0 Å². The second-order valence-electron chi connectivity index (χ2n) is 8.64. The summed E-state index contributed by atoms with van der Waals surface area (Å²) in [5.41, 5.74) is 0. The molecule has 2 heterocycles. The third kappa shape index (κ3) is 8.84. The molecule has 2 unspecified atom stereocenters. The molecule has 0 radical (unpaired) electrons. The highest BCUT2D eigenvalue weighted by atomic mass is 19.4. The van der Waals surface area contributed by atoms with Crippen LogP contribution >= 0.6 is 0 Å². The predicted octanol–water partition coefficient (Wildman–Crippen LogP) is 1.07. The highest BCUT2D eigenvalue weighted by molar-refractivity contribution is 6.01. The van der Waals surface area contributed by atoms with Gasteiger partial charge in [0.25, 0.3) is 5.91 Å². The Balaban J connectivity index is 2.12. The molecule has 2 N–H and O–H groups in total. The number of nitrogens with zero attached hydrogens (tertiary/aromatic N) is 1. The molecule has 2 rings (SSSR count). The predicted molar refractivity (Wildman–Crippen MR) is 110 cm³/mol. The van der Waals surface area contributed by atoms with Gasteiger partial charge in [-0.25, -0.2) is 4.99 Å². The summed E-state index contributed by atoms with van der Waals surface area (Å²) >= 11 is 0. The molecule has 190 valence electrons. The number of carbonyl (C=O) groups is 5. The maximum Gasteiger partial charge on any atom is 0.522 e. The van der Waals surface area contributed by atoms with Crippen LogP contribution in [0.5, 0.6) is 0 Å². The first-order valence-corrected chi connectivity index (χ1v) is 10.9. The molecule has 2 saturated heterocycles. The Morgan fingerprint density at radius 2 is 1.97 bits per heavy atom. The number of esters is 1. The van der Waals surface area contributed by atoms with E-state index in [0.717, 1.165) is 6.21 Å². The van der Waals surface area contributed by atoms with Crippen molar-refractivity contribution in [2.24, 2.45) is 22.7 Å². The minimum absolute atomic E-state index is 0.0371. The zero-order chi connectivity index (χ0) is 25.5. The minimum Gasteiger partial charge on any atom is -0.452 e. The Kier molecular flexibility index (Phi) is 9.71. The molecule has 2 aliphatic rings. The van der Waals surface area contributed by atoms with Gasteiger partial charge in [0, 0.05) is 31.5 Å². The first-order valence-electron chi connectivity index (χ1n) is 10.9. The number of ketones is 1. The number of nitrogens with one attached hydrogen (secondary N) is 2. The molecule has 0 spiro atoms. The SMILES string of the molecule is CC(C)CC(/C=N/C(=O)C1CCC(=O)O1)C(=O)N[C@@H](C[C@@H]1CCNC1=O)C(=O)COC(F)(F)F. The molecular weight excluding hydrogens is 463 g/mol. The molecule has 0 aromatic carbocycles. The number of amides is 3. The fraction of sp³-hybridized carbons (Fsp3) is 0.714. The van der Waals surface area contributed by atoms with E-state index in [-0.39, 0.29) is 37.5 Å².